The zero-order chi connectivity index (χ0) is 18.8. The summed E-state index contributed by atoms with van der Waals surface area (Å²) in [5, 5.41) is 20.3. The van der Waals surface area contributed by atoms with Gasteiger partial charge in [0, 0.05) is 32.7 Å². The predicted octanol–water partition coefficient (Wildman–Crippen LogP) is 2.55. The summed E-state index contributed by atoms with van der Waals surface area (Å²) in [7, 11) is 1.67. The number of benzene rings is 2. The highest BCUT2D eigenvalue weighted by Gasteiger charge is 2.11. The second-order valence-corrected chi connectivity index (χ2v) is 5.50. The van der Waals surface area contributed by atoms with Crippen molar-refractivity contribution in [3.8, 4) is 0 Å². The van der Waals surface area contributed by atoms with Crippen LogP contribution in [0.3, 0.4) is 0 Å². The van der Waals surface area contributed by atoms with Gasteiger partial charge in [-0.05, 0) is 30.2 Å². The molecule has 0 spiro atoms. The highest BCUT2D eigenvalue weighted by Crippen LogP contribution is 2.22. The summed E-state index contributed by atoms with van der Waals surface area (Å²) in [6, 6.07) is 12.9. The normalized spacial score (nSPS) is 11.1. The summed E-state index contributed by atoms with van der Waals surface area (Å²) in [5.41, 5.74) is 1.57. The first-order chi connectivity index (χ1) is 12.6. The minimum Gasteiger partial charge on any atom is -0.378 e. The summed E-state index contributed by atoms with van der Waals surface area (Å²) < 4.78 is 12.9. The first kappa shape index (κ1) is 19.2. The fraction of sp³-hybridized carbons (Fsp3) is 0.278. The lowest BCUT2D eigenvalue weighted by Gasteiger charge is -2.13. The molecule has 0 saturated heterocycles. The molecule has 138 valence electrons. The highest BCUT2D eigenvalue weighted by molar-refractivity contribution is 5.79. The lowest BCUT2D eigenvalue weighted by molar-refractivity contribution is -0.384. The van der Waals surface area contributed by atoms with Crippen molar-refractivity contribution in [1.82, 2.24) is 10.6 Å². The Labute approximate surface area is 151 Å². The molecule has 8 heteroatoms. The van der Waals surface area contributed by atoms with Crippen molar-refractivity contribution in [2.24, 2.45) is 4.99 Å². The van der Waals surface area contributed by atoms with Crippen LogP contribution < -0.4 is 16.0 Å². The number of anilines is 1. The van der Waals surface area contributed by atoms with Gasteiger partial charge in [-0.15, -0.1) is 0 Å². The fourth-order valence-corrected chi connectivity index (χ4v) is 2.36. The zero-order valence-corrected chi connectivity index (χ0v) is 14.5. The number of rotatable bonds is 8. The highest BCUT2D eigenvalue weighted by atomic mass is 19.1. The molecule has 0 saturated carbocycles. The molecule has 2 aromatic rings. The molecule has 0 aromatic heterocycles. The summed E-state index contributed by atoms with van der Waals surface area (Å²) in [4.78, 5) is 14.7. The third-order valence-electron chi connectivity index (χ3n) is 3.68. The minimum absolute atomic E-state index is 0.0503. The molecule has 0 heterocycles. The molecule has 2 aromatic carbocycles. The summed E-state index contributed by atoms with van der Waals surface area (Å²) in [5.74, 6) is 0.391. The number of halogens is 1. The average Bonchev–Trinajstić information content (AvgIpc) is 2.65. The third-order valence-corrected chi connectivity index (χ3v) is 3.68. The number of hydrogen-bond acceptors (Lipinski definition) is 4. The van der Waals surface area contributed by atoms with E-state index in [-0.39, 0.29) is 11.5 Å². The second kappa shape index (κ2) is 9.97. The van der Waals surface area contributed by atoms with Crippen LogP contribution in [0.1, 0.15) is 5.56 Å². The molecular weight excluding hydrogens is 337 g/mol. The average molecular weight is 359 g/mol. The van der Waals surface area contributed by atoms with Crippen molar-refractivity contribution in [1.29, 1.82) is 0 Å². The van der Waals surface area contributed by atoms with Crippen LogP contribution in [-0.4, -0.2) is 37.6 Å². The maximum atomic E-state index is 12.9. The van der Waals surface area contributed by atoms with Gasteiger partial charge in [-0.1, -0.05) is 24.3 Å². The molecule has 26 heavy (non-hydrogen) atoms. The molecule has 0 aliphatic rings. The second-order valence-electron chi connectivity index (χ2n) is 5.50. The van der Waals surface area contributed by atoms with E-state index < -0.39 is 4.92 Å². The molecule has 0 aliphatic heterocycles. The van der Waals surface area contributed by atoms with Crippen LogP contribution >= 0.6 is 0 Å². The Bertz CT molecular complexity index is 750. The zero-order valence-electron chi connectivity index (χ0n) is 14.5. The summed E-state index contributed by atoms with van der Waals surface area (Å²) >= 11 is 0. The number of nitro benzene ring substituents is 1. The Hall–Kier alpha value is -3.16. The molecule has 0 radical (unpaired) electrons. The molecule has 3 N–H and O–H groups in total. The van der Waals surface area contributed by atoms with Crippen molar-refractivity contribution in [3.05, 3.63) is 70.0 Å². The number of nitrogens with zero attached hydrogens (tertiary/aromatic N) is 2. The van der Waals surface area contributed by atoms with Crippen molar-refractivity contribution < 1.29 is 9.31 Å². The summed E-state index contributed by atoms with van der Waals surface area (Å²) in [6.45, 7) is 1.70. The van der Waals surface area contributed by atoms with E-state index in [1.54, 1.807) is 37.4 Å². The van der Waals surface area contributed by atoms with Crippen LogP contribution in [0.15, 0.2) is 53.5 Å². The van der Waals surface area contributed by atoms with E-state index in [0.29, 0.717) is 31.3 Å². The van der Waals surface area contributed by atoms with Crippen LogP contribution in [-0.2, 0) is 6.42 Å². The van der Waals surface area contributed by atoms with Crippen molar-refractivity contribution in [3.63, 3.8) is 0 Å². The SMILES string of the molecule is CN=C(NCCNc1ccccc1[N+](=O)[O-])NCCc1ccc(F)cc1. The van der Waals surface area contributed by atoms with Gasteiger partial charge in [-0.25, -0.2) is 4.39 Å². The van der Waals surface area contributed by atoms with Gasteiger partial charge in [0.1, 0.15) is 11.5 Å². The van der Waals surface area contributed by atoms with Gasteiger partial charge in [0.05, 0.1) is 4.92 Å². The van der Waals surface area contributed by atoms with E-state index in [4.69, 9.17) is 0 Å². The van der Waals surface area contributed by atoms with Gasteiger partial charge in [0.2, 0.25) is 0 Å². The van der Waals surface area contributed by atoms with E-state index in [1.807, 2.05) is 0 Å². The van der Waals surface area contributed by atoms with Gasteiger partial charge >= 0.3 is 0 Å². The van der Waals surface area contributed by atoms with E-state index >= 15 is 0 Å². The summed E-state index contributed by atoms with van der Waals surface area (Å²) in [6.07, 6.45) is 0.745. The number of guanidine groups is 1. The monoisotopic (exact) mass is 359 g/mol. The Kier molecular flexibility index (Phi) is 7.35. The van der Waals surface area contributed by atoms with E-state index in [9.17, 15) is 14.5 Å². The molecular formula is C18H22FN5O2. The molecule has 0 bridgehead atoms. The van der Waals surface area contributed by atoms with Crippen LogP contribution in [0.5, 0.6) is 0 Å². The third kappa shape index (κ3) is 6.04. The maximum Gasteiger partial charge on any atom is 0.292 e. The topological polar surface area (TPSA) is 91.6 Å². The van der Waals surface area contributed by atoms with Gasteiger partial charge in [-0.3, -0.25) is 15.1 Å². The Morgan fingerprint density at radius 3 is 2.46 bits per heavy atom. The Morgan fingerprint density at radius 1 is 1.08 bits per heavy atom. The molecule has 0 aliphatic carbocycles. The Balaban J connectivity index is 1.70. The number of nitro groups is 1. The van der Waals surface area contributed by atoms with Crippen molar-refractivity contribution in [2.75, 3.05) is 32.0 Å². The molecule has 7 nitrogen and oxygen atoms in total. The standard InChI is InChI=1S/C18H22FN5O2/c1-20-18(22-11-10-14-6-8-15(19)9-7-14)23-13-12-21-16-4-2-3-5-17(16)24(25)26/h2-9,21H,10-13H2,1H3,(H2,20,22,23). The quantitative estimate of drug-likeness (QED) is 0.221. The molecule has 0 unspecified atom stereocenters. The van der Waals surface area contributed by atoms with Gasteiger partial charge in [0.15, 0.2) is 5.96 Å². The van der Waals surface area contributed by atoms with E-state index in [0.717, 1.165) is 12.0 Å². The number of para-hydroxylation sites is 2. The number of nitrogens with one attached hydrogen (secondary N) is 3. The molecule has 0 amide bonds. The first-order valence-electron chi connectivity index (χ1n) is 8.26. The smallest absolute Gasteiger partial charge is 0.292 e. The minimum atomic E-state index is -0.411. The molecule has 0 atom stereocenters. The maximum absolute atomic E-state index is 12.9. The largest absolute Gasteiger partial charge is 0.378 e. The lowest BCUT2D eigenvalue weighted by atomic mass is 10.1. The van der Waals surface area contributed by atoms with Gasteiger partial charge in [-0.2, -0.15) is 0 Å². The van der Waals surface area contributed by atoms with Gasteiger partial charge in [0.25, 0.3) is 5.69 Å². The van der Waals surface area contributed by atoms with Crippen LogP contribution in [0, 0.1) is 15.9 Å². The fourth-order valence-electron chi connectivity index (χ4n) is 2.36. The van der Waals surface area contributed by atoms with Crippen LogP contribution in [0.4, 0.5) is 15.8 Å². The Morgan fingerprint density at radius 2 is 1.77 bits per heavy atom. The number of hydrogen-bond donors (Lipinski definition) is 3. The predicted molar refractivity (Wildman–Crippen MR) is 101 cm³/mol. The van der Waals surface area contributed by atoms with Crippen molar-refractivity contribution in [2.45, 2.75) is 6.42 Å². The molecule has 2 rings (SSSR count). The lowest BCUT2D eigenvalue weighted by Crippen LogP contribution is -2.40. The van der Waals surface area contributed by atoms with Crippen LogP contribution in [0.25, 0.3) is 0 Å². The van der Waals surface area contributed by atoms with Gasteiger partial charge < -0.3 is 16.0 Å². The van der Waals surface area contributed by atoms with E-state index in [1.165, 1.54) is 18.2 Å². The van der Waals surface area contributed by atoms with E-state index in [2.05, 4.69) is 20.9 Å². The van der Waals surface area contributed by atoms with Crippen molar-refractivity contribution >= 4 is 17.3 Å². The number of aliphatic imine (C=N–C) groups is 1. The first-order valence-corrected chi connectivity index (χ1v) is 8.26. The van der Waals surface area contributed by atoms with Crippen LogP contribution in [0.2, 0.25) is 0 Å². The molecule has 0 fully saturated rings.